The Morgan fingerprint density at radius 2 is 1.96 bits per heavy atom. The Balaban J connectivity index is 1.52. The summed E-state index contributed by atoms with van der Waals surface area (Å²) in [4.78, 5) is 26.1. The number of nitrogens with one attached hydrogen (secondary N) is 1. The van der Waals surface area contributed by atoms with E-state index in [0.29, 0.717) is 48.9 Å². The number of piperidine rings is 1. The maximum Gasteiger partial charge on any atom is 0.287 e. The molecule has 0 bridgehead atoms. The second-order valence-electron chi connectivity index (χ2n) is 5.77. The average molecular weight is 317 g/mol. The van der Waals surface area contributed by atoms with Crippen LogP contribution in [0.3, 0.4) is 0 Å². The highest BCUT2D eigenvalue weighted by atomic mass is 16.5. The maximum atomic E-state index is 12.3. The van der Waals surface area contributed by atoms with Crippen molar-refractivity contribution in [2.24, 2.45) is 0 Å². The highest BCUT2D eigenvalue weighted by Crippen LogP contribution is 2.15. The van der Waals surface area contributed by atoms with Crippen LogP contribution in [0.5, 0.6) is 0 Å². The van der Waals surface area contributed by atoms with E-state index in [4.69, 9.17) is 8.94 Å². The van der Waals surface area contributed by atoms with E-state index in [1.54, 1.807) is 36.9 Å². The fourth-order valence-corrected chi connectivity index (χ4v) is 2.67. The lowest BCUT2D eigenvalue weighted by molar-refractivity contribution is 0.0686. The van der Waals surface area contributed by atoms with Gasteiger partial charge in [-0.2, -0.15) is 0 Å². The summed E-state index contributed by atoms with van der Waals surface area (Å²) >= 11 is 0. The van der Waals surface area contributed by atoms with Crippen molar-refractivity contribution in [3.8, 4) is 0 Å². The van der Waals surface area contributed by atoms with Crippen molar-refractivity contribution in [2.75, 3.05) is 13.1 Å². The Morgan fingerprint density at radius 3 is 2.52 bits per heavy atom. The van der Waals surface area contributed by atoms with E-state index < -0.39 is 0 Å². The van der Waals surface area contributed by atoms with Gasteiger partial charge < -0.3 is 19.2 Å². The largest absolute Gasteiger partial charge is 0.456 e. The smallest absolute Gasteiger partial charge is 0.287 e. The van der Waals surface area contributed by atoms with Crippen LogP contribution in [0.25, 0.3) is 0 Å². The Bertz CT molecular complexity index is 710. The molecule has 1 aliphatic rings. The predicted octanol–water partition coefficient (Wildman–Crippen LogP) is 1.92. The minimum Gasteiger partial charge on any atom is -0.456 e. The molecule has 0 spiro atoms. The van der Waals surface area contributed by atoms with Gasteiger partial charge in [-0.3, -0.25) is 9.59 Å². The van der Waals surface area contributed by atoms with Gasteiger partial charge >= 0.3 is 0 Å². The molecule has 23 heavy (non-hydrogen) atoms. The van der Waals surface area contributed by atoms with Crippen LogP contribution in [0.15, 0.2) is 27.1 Å². The van der Waals surface area contributed by atoms with E-state index in [9.17, 15) is 9.59 Å². The number of rotatable bonds is 3. The van der Waals surface area contributed by atoms with Crippen molar-refractivity contribution in [1.82, 2.24) is 15.4 Å². The number of carbonyl (C=O) groups is 2. The third-order valence-electron chi connectivity index (χ3n) is 3.93. The first-order valence-corrected chi connectivity index (χ1v) is 7.63. The van der Waals surface area contributed by atoms with Crippen molar-refractivity contribution in [1.29, 1.82) is 0 Å². The lowest BCUT2D eigenvalue weighted by Crippen LogP contribution is -2.46. The molecule has 2 aromatic rings. The number of nitrogens with zero attached hydrogens (tertiary/aromatic N) is 2. The van der Waals surface area contributed by atoms with Crippen molar-refractivity contribution in [3.05, 3.63) is 41.2 Å². The zero-order valence-electron chi connectivity index (χ0n) is 13.2. The first kappa shape index (κ1) is 15.3. The van der Waals surface area contributed by atoms with Gasteiger partial charge in [-0.05, 0) is 38.8 Å². The van der Waals surface area contributed by atoms with Crippen molar-refractivity contribution >= 4 is 11.8 Å². The standard InChI is InChI=1S/C16H19N3O4/c1-10-3-4-14(22-10)15(20)17-12-5-7-19(8-6-12)16(21)13-9-11(2)23-18-13/h3-4,9,12H,5-8H2,1-2H3,(H,17,20). The van der Waals surface area contributed by atoms with Gasteiger partial charge in [-0.1, -0.05) is 5.16 Å². The lowest BCUT2D eigenvalue weighted by Gasteiger charge is -2.31. The highest BCUT2D eigenvalue weighted by Gasteiger charge is 2.26. The quantitative estimate of drug-likeness (QED) is 0.934. The van der Waals surface area contributed by atoms with Gasteiger partial charge in [0, 0.05) is 25.2 Å². The van der Waals surface area contributed by atoms with Crippen LogP contribution >= 0.6 is 0 Å². The lowest BCUT2D eigenvalue weighted by atomic mass is 10.0. The van der Waals surface area contributed by atoms with Crippen molar-refractivity contribution in [2.45, 2.75) is 32.7 Å². The third-order valence-corrected chi connectivity index (χ3v) is 3.93. The molecule has 0 atom stereocenters. The third kappa shape index (κ3) is 3.44. The molecule has 1 aliphatic heterocycles. The summed E-state index contributed by atoms with van der Waals surface area (Å²) < 4.78 is 10.2. The Labute approximate surface area is 133 Å². The molecule has 0 aromatic carbocycles. The number of aromatic nitrogens is 1. The zero-order chi connectivity index (χ0) is 16.4. The van der Waals surface area contributed by atoms with Crippen molar-refractivity contribution < 1.29 is 18.5 Å². The second kappa shape index (κ2) is 6.28. The zero-order valence-corrected chi connectivity index (χ0v) is 13.2. The molecular weight excluding hydrogens is 298 g/mol. The Hall–Kier alpha value is -2.57. The SMILES string of the molecule is Cc1cc(C(=O)N2CCC(NC(=O)c3ccc(C)o3)CC2)no1. The van der Waals surface area contributed by atoms with E-state index >= 15 is 0 Å². The van der Waals surface area contributed by atoms with Crippen LogP contribution in [-0.4, -0.2) is 41.0 Å². The van der Waals surface area contributed by atoms with Crippen LogP contribution in [0.4, 0.5) is 0 Å². The molecule has 7 heteroatoms. The molecule has 3 heterocycles. The normalized spacial score (nSPS) is 15.7. The number of amides is 2. The van der Waals surface area contributed by atoms with Crippen LogP contribution in [0, 0.1) is 13.8 Å². The molecule has 3 rings (SSSR count). The first-order chi connectivity index (χ1) is 11.0. The molecule has 0 saturated carbocycles. The van der Waals surface area contributed by atoms with Gasteiger partial charge in [0.05, 0.1) is 0 Å². The second-order valence-corrected chi connectivity index (χ2v) is 5.77. The average Bonchev–Trinajstić information content (AvgIpc) is 3.16. The predicted molar refractivity (Wildman–Crippen MR) is 81.1 cm³/mol. The summed E-state index contributed by atoms with van der Waals surface area (Å²) in [6.07, 6.45) is 1.40. The first-order valence-electron chi connectivity index (χ1n) is 7.63. The maximum absolute atomic E-state index is 12.3. The summed E-state index contributed by atoms with van der Waals surface area (Å²) in [7, 11) is 0. The van der Waals surface area contributed by atoms with Crippen LogP contribution in [0.1, 0.15) is 45.4 Å². The van der Waals surface area contributed by atoms with Crippen LogP contribution in [0.2, 0.25) is 0 Å². The van der Waals surface area contributed by atoms with E-state index in [1.807, 2.05) is 0 Å². The molecule has 2 aromatic heterocycles. The van der Waals surface area contributed by atoms with E-state index in [2.05, 4.69) is 10.5 Å². The fraction of sp³-hybridized carbons (Fsp3) is 0.438. The minimum absolute atomic E-state index is 0.0380. The van der Waals surface area contributed by atoms with Gasteiger partial charge in [0.1, 0.15) is 11.5 Å². The number of aryl methyl sites for hydroxylation is 2. The molecule has 7 nitrogen and oxygen atoms in total. The van der Waals surface area contributed by atoms with Gasteiger partial charge in [0.2, 0.25) is 0 Å². The molecule has 1 N–H and O–H groups in total. The molecule has 0 unspecified atom stereocenters. The number of hydrogen-bond donors (Lipinski definition) is 1. The molecule has 2 amide bonds. The van der Waals surface area contributed by atoms with E-state index in [1.165, 1.54) is 0 Å². The molecule has 0 radical (unpaired) electrons. The summed E-state index contributed by atoms with van der Waals surface area (Å²) in [5.74, 6) is 1.30. The van der Waals surface area contributed by atoms with E-state index in [0.717, 1.165) is 0 Å². The molecule has 1 saturated heterocycles. The molecular formula is C16H19N3O4. The monoisotopic (exact) mass is 317 g/mol. The molecule has 122 valence electrons. The summed E-state index contributed by atoms with van der Waals surface area (Å²) in [5.41, 5.74) is 0.330. The van der Waals surface area contributed by atoms with Crippen molar-refractivity contribution in [3.63, 3.8) is 0 Å². The van der Waals surface area contributed by atoms with Gasteiger partial charge in [0.15, 0.2) is 11.5 Å². The topological polar surface area (TPSA) is 88.6 Å². The minimum atomic E-state index is -0.213. The van der Waals surface area contributed by atoms with Crippen LogP contribution < -0.4 is 5.32 Å². The number of carbonyl (C=O) groups excluding carboxylic acids is 2. The summed E-state index contributed by atoms with van der Waals surface area (Å²) in [6.45, 7) is 4.70. The molecule has 0 aliphatic carbocycles. The molecule has 1 fully saturated rings. The van der Waals surface area contributed by atoms with Crippen LogP contribution in [-0.2, 0) is 0 Å². The number of likely N-dealkylation sites (tertiary alicyclic amines) is 1. The van der Waals surface area contributed by atoms with Gasteiger partial charge in [0.25, 0.3) is 11.8 Å². The fourth-order valence-electron chi connectivity index (χ4n) is 2.67. The van der Waals surface area contributed by atoms with Gasteiger partial charge in [-0.15, -0.1) is 0 Å². The Morgan fingerprint density at radius 1 is 1.22 bits per heavy atom. The highest BCUT2D eigenvalue weighted by molar-refractivity contribution is 5.93. The Kier molecular flexibility index (Phi) is 4.18. The van der Waals surface area contributed by atoms with Gasteiger partial charge in [-0.25, -0.2) is 0 Å². The number of hydrogen-bond acceptors (Lipinski definition) is 5. The summed E-state index contributed by atoms with van der Waals surface area (Å²) in [6, 6.07) is 5.10. The number of furan rings is 1. The van der Waals surface area contributed by atoms with E-state index in [-0.39, 0.29) is 17.9 Å². The summed E-state index contributed by atoms with van der Waals surface area (Å²) in [5, 5.41) is 6.70.